The van der Waals surface area contributed by atoms with Crippen LogP contribution in [0.3, 0.4) is 0 Å². The molecule has 0 saturated carbocycles. The molecule has 1 saturated heterocycles. The summed E-state index contributed by atoms with van der Waals surface area (Å²) in [4.78, 5) is 16.0. The van der Waals surface area contributed by atoms with Crippen molar-refractivity contribution in [1.82, 2.24) is 35.3 Å². The van der Waals surface area contributed by atoms with Gasteiger partial charge in [0.1, 0.15) is 34.7 Å². The van der Waals surface area contributed by atoms with Crippen molar-refractivity contribution in [3.8, 4) is 17.6 Å². The first-order chi connectivity index (χ1) is 18.6. The van der Waals surface area contributed by atoms with Gasteiger partial charge in [0.2, 0.25) is 0 Å². The van der Waals surface area contributed by atoms with Crippen LogP contribution in [0.1, 0.15) is 12.0 Å². The molecule has 6 rings (SSSR count). The molecule has 1 aliphatic rings. The van der Waals surface area contributed by atoms with Gasteiger partial charge in [-0.05, 0) is 55.0 Å². The Morgan fingerprint density at radius 1 is 1.13 bits per heavy atom. The number of pyridine rings is 1. The fourth-order valence-electron chi connectivity index (χ4n) is 4.67. The van der Waals surface area contributed by atoms with Crippen molar-refractivity contribution in [3.63, 3.8) is 0 Å². The largest absolute Gasteiger partial charge is 0.457 e. The number of rotatable bonds is 6. The van der Waals surface area contributed by atoms with Gasteiger partial charge >= 0.3 is 0 Å². The number of hydrogen-bond donors (Lipinski definition) is 2. The Bertz CT molecular complexity index is 1670. The van der Waals surface area contributed by atoms with Crippen molar-refractivity contribution in [3.05, 3.63) is 60.4 Å². The van der Waals surface area contributed by atoms with Crippen LogP contribution < -0.4 is 20.3 Å². The molecule has 4 heterocycles. The lowest BCUT2D eigenvalue weighted by Crippen LogP contribution is -2.50. The second-order valence-corrected chi connectivity index (χ2v) is 9.29. The van der Waals surface area contributed by atoms with Crippen LogP contribution in [0.25, 0.3) is 22.1 Å². The summed E-state index contributed by atoms with van der Waals surface area (Å²) in [5.41, 5.74) is 5.00. The molecule has 1 fully saturated rings. The lowest BCUT2D eigenvalue weighted by Gasteiger charge is -2.33. The van der Waals surface area contributed by atoms with Gasteiger partial charge in [-0.25, -0.2) is 19.6 Å². The maximum atomic E-state index is 9.08. The number of piperazine rings is 1. The first kappa shape index (κ1) is 23.6. The molecule has 38 heavy (non-hydrogen) atoms. The third-order valence-corrected chi connectivity index (χ3v) is 6.63. The number of anilines is 3. The molecule has 0 spiro atoms. The number of ether oxygens (including phenoxy) is 1. The standard InChI is InChI=1S/C27H26N10O/c1-17-13-18(3-7-24(17)38-20-4-6-23-22(14-20)34-35-36(23)2)32-27-26-21(30-16-31-27)5-8-25(33-26)37-12-11-29-19(15-37)9-10-28/h3-8,13-14,16,19,29H,9,11-12,15H2,1-2H3,(H,30,31,32)/t19-/m1/s1. The number of nitrogens with one attached hydrogen (secondary N) is 2. The number of benzene rings is 2. The van der Waals surface area contributed by atoms with Crippen molar-refractivity contribution >= 4 is 39.4 Å². The van der Waals surface area contributed by atoms with Crippen LogP contribution in [0.4, 0.5) is 17.3 Å². The lowest BCUT2D eigenvalue weighted by atomic mass is 10.1. The van der Waals surface area contributed by atoms with Gasteiger partial charge in [-0.15, -0.1) is 5.10 Å². The molecule has 2 N–H and O–H groups in total. The first-order valence-corrected chi connectivity index (χ1v) is 12.4. The maximum absolute atomic E-state index is 9.08. The van der Waals surface area contributed by atoms with Gasteiger partial charge in [0.05, 0.1) is 23.5 Å². The predicted octanol–water partition coefficient (Wildman–Crippen LogP) is 3.84. The second-order valence-electron chi connectivity index (χ2n) is 9.29. The van der Waals surface area contributed by atoms with E-state index in [0.29, 0.717) is 23.5 Å². The van der Waals surface area contributed by atoms with E-state index in [9.17, 15) is 0 Å². The highest BCUT2D eigenvalue weighted by atomic mass is 16.5. The molecule has 11 nitrogen and oxygen atoms in total. The number of aromatic nitrogens is 6. The van der Waals surface area contributed by atoms with Crippen LogP contribution >= 0.6 is 0 Å². The summed E-state index contributed by atoms with van der Waals surface area (Å²) in [5.74, 6) is 2.92. The number of nitrogens with zero attached hydrogens (tertiary/aromatic N) is 8. The number of hydrogen-bond acceptors (Lipinski definition) is 10. The molecule has 0 bridgehead atoms. The van der Waals surface area contributed by atoms with Crippen LogP contribution in [-0.2, 0) is 7.05 Å². The van der Waals surface area contributed by atoms with Crippen LogP contribution in [0.15, 0.2) is 54.9 Å². The maximum Gasteiger partial charge on any atom is 0.160 e. The molecule has 11 heteroatoms. The number of aryl methyl sites for hydroxylation is 2. The van der Waals surface area contributed by atoms with Gasteiger partial charge in [0, 0.05) is 44.5 Å². The van der Waals surface area contributed by atoms with Gasteiger partial charge in [-0.3, -0.25) is 0 Å². The molecule has 5 aromatic rings. The molecule has 1 aliphatic heterocycles. The van der Waals surface area contributed by atoms with Crippen molar-refractivity contribution in [2.45, 2.75) is 19.4 Å². The summed E-state index contributed by atoms with van der Waals surface area (Å²) in [6.45, 7) is 4.36. The van der Waals surface area contributed by atoms with Crippen molar-refractivity contribution < 1.29 is 4.74 Å². The van der Waals surface area contributed by atoms with Crippen LogP contribution in [0.5, 0.6) is 11.5 Å². The highest BCUT2D eigenvalue weighted by Gasteiger charge is 2.21. The van der Waals surface area contributed by atoms with Crippen molar-refractivity contribution in [2.24, 2.45) is 7.05 Å². The Hall–Kier alpha value is -4.82. The van der Waals surface area contributed by atoms with Crippen LogP contribution in [-0.4, -0.2) is 55.6 Å². The van der Waals surface area contributed by atoms with Crippen LogP contribution in [0, 0.1) is 18.3 Å². The van der Waals surface area contributed by atoms with Gasteiger partial charge in [-0.1, -0.05) is 5.21 Å². The van der Waals surface area contributed by atoms with E-state index in [4.69, 9.17) is 15.0 Å². The Labute approximate surface area is 219 Å². The molecular formula is C27H26N10O. The van der Waals surface area contributed by atoms with Gasteiger partial charge in [0.25, 0.3) is 0 Å². The Balaban J connectivity index is 1.23. The van der Waals surface area contributed by atoms with Gasteiger partial charge < -0.3 is 20.3 Å². The topological polar surface area (TPSA) is 130 Å². The monoisotopic (exact) mass is 506 g/mol. The van der Waals surface area contributed by atoms with Gasteiger partial charge in [-0.2, -0.15) is 5.26 Å². The highest BCUT2D eigenvalue weighted by molar-refractivity contribution is 5.88. The third kappa shape index (κ3) is 4.65. The summed E-state index contributed by atoms with van der Waals surface area (Å²) < 4.78 is 7.87. The molecule has 0 unspecified atom stereocenters. The molecular weight excluding hydrogens is 480 g/mol. The van der Waals surface area contributed by atoms with Crippen LogP contribution in [0.2, 0.25) is 0 Å². The van der Waals surface area contributed by atoms with Crippen molar-refractivity contribution in [1.29, 1.82) is 5.26 Å². The van der Waals surface area contributed by atoms with E-state index in [1.54, 1.807) is 4.68 Å². The Kier molecular flexibility index (Phi) is 6.15. The average molecular weight is 507 g/mol. The second kappa shape index (κ2) is 9.91. The molecule has 0 aliphatic carbocycles. The van der Waals surface area contributed by atoms with E-state index >= 15 is 0 Å². The van der Waals surface area contributed by atoms with E-state index in [1.807, 2.05) is 62.5 Å². The minimum atomic E-state index is 0.127. The molecule has 2 aromatic carbocycles. The summed E-state index contributed by atoms with van der Waals surface area (Å²) in [7, 11) is 1.86. The minimum Gasteiger partial charge on any atom is -0.457 e. The zero-order valence-corrected chi connectivity index (χ0v) is 21.1. The van der Waals surface area contributed by atoms with Crippen molar-refractivity contribution in [2.75, 3.05) is 29.9 Å². The fraction of sp³-hybridized carbons (Fsp3) is 0.259. The quantitative estimate of drug-likeness (QED) is 0.350. The van der Waals surface area contributed by atoms with E-state index in [-0.39, 0.29) is 6.04 Å². The average Bonchev–Trinajstić information content (AvgIpc) is 3.30. The van der Waals surface area contributed by atoms with E-state index in [2.05, 4.69) is 41.9 Å². The number of nitriles is 1. The molecule has 190 valence electrons. The zero-order valence-electron chi connectivity index (χ0n) is 21.1. The first-order valence-electron chi connectivity index (χ1n) is 12.4. The summed E-state index contributed by atoms with van der Waals surface area (Å²) in [6.07, 6.45) is 2.00. The molecule has 1 atom stereocenters. The van der Waals surface area contributed by atoms with E-state index in [0.717, 1.165) is 59.0 Å². The fourth-order valence-corrected chi connectivity index (χ4v) is 4.67. The molecule has 0 radical (unpaired) electrons. The highest BCUT2D eigenvalue weighted by Crippen LogP contribution is 2.31. The minimum absolute atomic E-state index is 0.127. The SMILES string of the molecule is Cc1cc(Nc2ncnc3ccc(N4CCN[C@H](CC#N)C4)nc23)ccc1Oc1ccc2c(c1)nnn2C. The zero-order chi connectivity index (χ0) is 26.1. The predicted molar refractivity (Wildman–Crippen MR) is 145 cm³/mol. The van der Waals surface area contributed by atoms with E-state index in [1.165, 1.54) is 6.33 Å². The normalized spacial score (nSPS) is 15.5. The van der Waals surface area contributed by atoms with Gasteiger partial charge in [0.15, 0.2) is 5.82 Å². The summed E-state index contributed by atoms with van der Waals surface area (Å²) >= 11 is 0. The Morgan fingerprint density at radius 2 is 2.05 bits per heavy atom. The van der Waals surface area contributed by atoms with E-state index < -0.39 is 0 Å². The summed E-state index contributed by atoms with van der Waals surface area (Å²) in [5, 5.41) is 24.1. The Morgan fingerprint density at radius 3 is 2.92 bits per heavy atom. The molecule has 0 amide bonds. The molecule has 3 aromatic heterocycles. The summed E-state index contributed by atoms with van der Waals surface area (Å²) in [6, 6.07) is 17.9. The lowest BCUT2D eigenvalue weighted by molar-refractivity contribution is 0.461. The third-order valence-electron chi connectivity index (χ3n) is 6.63. The smallest absolute Gasteiger partial charge is 0.160 e. The number of fused-ring (bicyclic) bond motifs is 2.